The lowest BCUT2D eigenvalue weighted by Gasteiger charge is -2.17. The number of hydrogen-bond donors (Lipinski definition) is 1. The van der Waals surface area contributed by atoms with E-state index in [4.69, 9.17) is 5.73 Å². The summed E-state index contributed by atoms with van der Waals surface area (Å²) in [6, 6.07) is 16.8. The fourth-order valence-corrected chi connectivity index (χ4v) is 2.20. The van der Waals surface area contributed by atoms with Crippen molar-refractivity contribution in [3.8, 4) is 0 Å². The van der Waals surface area contributed by atoms with E-state index in [1.165, 1.54) is 16.7 Å². The molecule has 0 spiro atoms. The third-order valence-corrected chi connectivity index (χ3v) is 3.30. The first-order chi connectivity index (χ1) is 9.13. The predicted octanol–water partition coefficient (Wildman–Crippen LogP) is 3.25. The maximum absolute atomic E-state index is 5.69. The number of nitrogens with zero attached hydrogens (tertiary/aromatic N) is 1. The Balaban J connectivity index is 1.84. The lowest BCUT2D eigenvalue weighted by molar-refractivity contribution is 0.331. The highest BCUT2D eigenvalue weighted by molar-refractivity contribution is 5.39. The lowest BCUT2D eigenvalue weighted by Crippen LogP contribution is -2.20. The summed E-state index contributed by atoms with van der Waals surface area (Å²) in [4.78, 5) is 2.34. The van der Waals surface area contributed by atoms with Crippen molar-refractivity contribution >= 4 is 5.69 Å². The van der Waals surface area contributed by atoms with Gasteiger partial charge in [-0.25, -0.2) is 0 Å². The standard InChI is InChI=1S/C17H22N2/c1-14-4-3-5-15(12-14)10-11-19(2)13-16-6-8-17(18)9-7-16/h3-9,12H,10-11,13,18H2,1-2H3. The number of nitrogens with two attached hydrogens (primary N) is 1. The molecule has 2 rings (SSSR count). The first kappa shape index (κ1) is 13.6. The molecule has 100 valence electrons. The van der Waals surface area contributed by atoms with Gasteiger partial charge in [0.1, 0.15) is 0 Å². The van der Waals surface area contributed by atoms with Gasteiger partial charge in [0.2, 0.25) is 0 Å². The Morgan fingerprint density at radius 3 is 2.42 bits per heavy atom. The van der Waals surface area contributed by atoms with Crippen LogP contribution < -0.4 is 5.73 Å². The molecule has 0 saturated heterocycles. The van der Waals surface area contributed by atoms with Crippen LogP contribution in [-0.2, 0) is 13.0 Å². The van der Waals surface area contributed by atoms with Crippen LogP contribution in [0.3, 0.4) is 0 Å². The van der Waals surface area contributed by atoms with Crippen molar-refractivity contribution in [2.45, 2.75) is 19.9 Å². The molecule has 2 aromatic rings. The van der Waals surface area contributed by atoms with Crippen LogP contribution in [0.5, 0.6) is 0 Å². The molecule has 0 aliphatic carbocycles. The van der Waals surface area contributed by atoms with Crippen molar-refractivity contribution in [2.75, 3.05) is 19.3 Å². The first-order valence-corrected chi connectivity index (χ1v) is 6.72. The highest BCUT2D eigenvalue weighted by atomic mass is 15.1. The molecular weight excluding hydrogens is 232 g/mol. The predicted molar refractivity (Wildman–Crippen MR) is 82.1 cm³/mol. The number of nitrogen functional groups attached to an aromatic ring is 1. The molecule has 0 unspecified atom stereocenters. The Labute approximate surface area is 115 Å². The fraction of sp³-hybridized carbons (Fsp3) is 0.294. The highest BCUT2D eigenvalue weighted by Crippen LogP contribution is 2.09. The van der Waals surface area contributed by atoms with E-state index in [-0.39, 0.29) is 0 Å². The Hall–Kier alpha value is -1.80. The molecule has 0 amide bonds. The van der Waals surface area contributed by atoms with E-state index in [9.17, 15) is 0 Å². The van der Waals surface area contributed by atoms with Gasteiger partial charge in [0.25, 0.3) is 0 Å². The van der Waals surface area contributed by atoms with Gasteiger partial charge < -0.3 is 10.6 Å². The average molecular weight is 254 g/mol. The van der Waals surface area contributed by atoms with Gasteiger partial charge in [0.05, 0.1) is 0 Å². The van der Waals surface area contributed by atoms with Crippen LogP contribution in [0.15, 0.2) is 48.5 Å². The van der Waals surface area contributed by atoms with Crippen LogP contribution in [0, 0.1) is 6.92 Å². The third kappa shape index (κ3) is 4.42. The van der Waals surface area contributed by atoms with Crippen LogP contribution in [0.4, 0.5) is 5.69 Å². The van der Waals surface area contributed by atoms with E-state index < -0.39 is 0 Å². The molecule has 2 heteroatoms. The average Bonchev–Trinajstić information content (AvgIpc) is 2.39. The topological polar surface area (TPSA) is 29.3 Å². The summed E-state index contributed by atoms with van der Waals surface area (Å²) in [6.45, 7) is 4.17. The van der Waals surface area contributed by atoms with Gasteiger partial charge in [0, 0.05) is 18.8 Å². The van der Waals surface area contributed by atoms with Crippen molar-refractivity contribution < 1.29 is 0 Å². The van der Waals surface area contributed by atoms with E-state index in [0.29, 0.717) is 0 Å². The number of rotatable bonds is 5. The molecule has 19 heavy (non-hydrogen) atoms. The van der Waals surface area contributed by atoms with Crippen LogP contribution in [0.1, 0.15) is 16.7 Å². The SMILES string of the molecule is Cc1cccc(CCN(C)Cc2ccc(N)cc2)c1. The van der Waals surface area contributed by atoms with Crippen molar-refractivity contribution in [1.29, 1.82) is 0 Å². The molecule has 0 aromatic heterocycles. The maximum Gasteiger partial charge on any atom is 0.0314 e. The van der Waals surface area contributed by atoms with Crippen molar-refractivity contribution in [3.05, 3.63) is 65.2 Å². The zero-order chi connectivity index (χ0) is 13.7. The molecule has 0 bridgehead atoms. The molecular formula is C17H22N2. The molecule has 2 N–H and O–H groups in total. The van der Waals surface area contributed by atoms with Gasteiger partial charge in [-0.15, -0.1) is 0 Å². The summed E-state index contributed by atoms with van der Waals surface area (Å²) in [5.41, 5.74) is 10.6. The molecule has 2 aromatic carbocycles. The van der Waals surface area contributed by atoms with Crippen molar-refractivity contribution in [3.63, 3.8) is 0 Å². The quantitative estimate of drug-likeness (QED) is 0.830. The van der Waals surface area contributed by atoms with Gasteiger partial charge in [-0.3, -0.25) is 0 Å². The van der Waals surface area contributed by atoms with Crippen molar-refractivity contribution in [1.82, 2.24) is 4.90 Å². The lowest BCUT2D eigenvalue weighted by atomic mass is 10.1. The largest absolute Gasteiger partial charge is 0.399 e. The number of hydrogen-bond acceptors (Lipinski definition) is 2. The van der Waals surface area contributed by atoms with Crippen molar-refractivity contribution in [2.24, 2.45) is 0 Å². The fourth-order valence-electron chi connectivity index (χ4n) is 2.20. The van der Waals surface area contributed by atoms with Gasteiger partial charge in [0.15, 0.2) is 0 Å². The molecule has 0 aliphatic rings. The van der Waals surface area contributed by atoms with Gasteiger partial charge in [-0.1, -0.05) is 42.0 Å². The molecule has 0 heterocycles. The third-order valence-electron chi connectivity index (χ3n) is 3.30. The zero-order valence-corrected chi connectivity index (χ0v) is 11.8. The van der Waals surface area contributed by atoms with E-state index in [1.807, 2.05) is 12.1 Å². The van der Waals surface area contributed by atoms with Gasteiger partial charge >= 0.3 is 0 Å². The smallest absolute Gasteiger partial charge is 0.0314 e. The van der Waals surface area contributed by atoms with E-state index in [0.717, 1.165) is 25.2 Å². The molecule has 2 nitrogen and oxygen atoms in total. The molecule has 0 aliphatic heterocycles. The minimum absolute atomic E-state index is 0.825. The summed E-state index contributed by atoms with van der Waals surface area (Å²) >= 11 is 0. The van der Waals surface area contributed by atoms with E-state index >= 15 is 0 Å². The second-order valence-electron chi connectivity index (χ2n) is 5.22. The Kier molecular flexibility index (Phi) is 4.58. The second-order valence-corrected chi connectivity index (χ2v) is 5.22. The summed E-state index contributed by atoms with van der Waals surface area (Å²) < 4.78 is 0. The van der Waals surface area contributed by atoms with Gasteiger partial charge in [-0.2, -0.15) is 0 Å². The van der Waals surface area contributed by atoms with Gasteiger partial charge in [-0.05, 0) is 43.7 Å². The number of anilines is 1. The molecule has 0 saturated carbocycles. The van der Waals surface area contributed by atoms with E-state index in [2.05, 4.69) is 55.3 Å². The molecule has 0 radical (unpaired) electrons. The summed E-state index contributed by atoms with van der Waals surface area (Å²) in [7, 11) is 2.16. The molecule has 0 atom stereocenters. The Morgan fingerprint density at radius 2 is 1.74 bits per heavy atom. The van der Waals surface area contributed by atoms with Crippen LogP contribution >= 0.6 is 0 Å². The second kappa shape index (κ2) is 6.39. The number of aryl methyl sites for hydroxylation is 1. The number of likely N-dealkylation sites (N-methyl/N-ethyl adjacent to an activating group) is 1. The maximum atomic E-state index is 5.69. The highest BCUT2D eigenvalue weighted by Gasteiger charge is 2.01. The van der Waals surface area contributed by atoms with Crippen LogP contribution in [0.2, 0.25) is 0 Å². The summed E-state index contributed by atoms with van der Waals surface area (Å²) in [5.74, 6) is 0. The van der Waals surface area contributed by atoms with E-state index in [1.54, 1.807) is 0 Å². The zero-order valence-electron chi connectivity index (χ0n) is 11.8. The molecule has 0 fully saturated rings. The summed E-state index contributed by atoms with van der Waals surface area (Å²) in [5, 5.41) is 0. The first-order valence-electron chi connectivity index (χ1n) is 6.72. The Morgan fingerprint density at radius 1 is 1.00 bits per heavy atom. The van der Waals surface area contributed by atoms with Crippen LogP contribution in [-0.4, -0.2) is 18.5 Å². The van der Waals surface area contributed by atoms with Crippen LogP contribution in [0.25, 0.3) is 0 Å². The summed E-state index contributed by atoms with van der Waals surface area (Å²) in [6.07, 6.45) is 1.09. The normalized spacial score (nSPS) is 10.9. The minimum Gasteiger partial charge on any atom is -0.399 e. The number of benzene rings is 2. The Bertz CT molecular complexity index is 517. The monoisotopic (exact) mass is 254 g/mol. The minimum atomic E-state index is 0.825.